The van der Waals surface area contributed by atoms with E-state index < -0.39 is 6.98 Å². The van der Waals surface area contributed by atoms with Gasteiger partial charge in [-0.15, -0.1) is 5.98 Å². The van der Waals surface area contributed by atoms with Crippen molar-refractivity contribution in [3.63, 3.8) is 0 Å². The van der Waals surface area contributed by atoms with Crippen LogP contribution >= 0.6 is 0 Å². The molecule has 0 aromatic heterocycles. The molecule has 0 heterocycles. The zero-order chi connectivity index (χ0) is 10.6. The van der Waals surface area contributed by atoms with E-state index in [2.05, 4.69) is 6.58 Å². The average molecular weight is 236 g/mol. The number of benzene rings is 1. The number of halogens is 3. The third kappa shape index (κ3) is 6.37. The second kappa shape index (κ2) is 6.70. The number of rotatable bonds is 3. The fourth-order valence-corrected chi connectivity index (χ4v) is 0.963. The van der Waals surface area contributed by atoms with E-state index in [0.717, 1.165) is 11.6 Å². The second-order valence-corrected chi connectivity index (χ2v) is 2.86. The van der Waals surface area contributed by atoms with Crippen LogP contribution in [0.2, 0.25) is 0 Å². The van der Waals surface area contributed by atoms with Crippen molar-refractivity contribution in [1.29, 1.82) is 0 Å². The molecule has 0 aliphatic carbocycles. The molecule has 0 nitrogen and oxygen atoms in total. The topological polar surface area (TPSA) is 0 Å². The van der Waals surface area contributed by atoms with E-state index in [1.54, 1.807) is 30.3 Å². The van der Waals surface area contributed by atoms with Crippen LogP contribution in [0.1, 0.15) is 11.1 Å². The molecule has 0 saturated carbocycles. The number of hydrogen-bond acceptors (Lipinski definition) is 0. The first-order valence-corrected chi connectivity index (χ1v) is 4.13. The Hall–Kier alpha value is 0.191. The molecule has 0 atom stereocenters. The van der Waals surface area contributed by atoms with Crippen molar-refractivity contribution < 1.29 is 64.3 Å². The van der Waals surface area contributed by atoms with E-state index >= 15 is 0 Å². The molecular weight excluding hydrogens is 227 g/mol. The molecule has 0 unspecified atom stereocenters. The third-order valence-electron chi connectivity index (χ3n) is 1.68. The van der Waals surface area contributed by atoms with Crippen LogP contribution in [0.4, 0.5) is 12.9 Å². The molecular formula is C10H9BF3K. The van der Waals surface area contributed by atoms with E-state index in [-0.39, 0.29) is 57.4 Å². The zero-order valence-electron chi connectivity index (χ0n) is 8.46. The quantitative estimate of drug-likeness (QED) is 0.679. The Morgan fingerprint density at radius 1 is 1.00 bits per heavy atom. The summed E-state index contributed by atoms with van der Waals surface area (Å²) < 4.78 is 35.5. The van der Waals surface area contributed by atoms with Crippen LogP contribution in [0.15, 0.2) is 36.8 Å². The largest absolute Gasteiger partial charge is 1.00 e. The maximum atomic E-state index is 11.8. The van der Waals surface area contributed by atoms with Gasteiger partial charge in [-0.3, -0.25) is 0 Å². The summed E-state index contributed by atoms with van der Waals surface area (Å²) in [6.45, 7) is -1.29. The van der Waals surface area contributed by atoms with Gasteiger partial charge in [-0.05, 0) is 11.1 Å². The van der Waals surface area contributed by atoms with Crippen LogP contribution in [0.3, 0.4) is 0 Å². The summed E-state index contributed by atoms with van der Waals surface area (Å²) in [5.74, 6) is 0.281. The summed E-state index contributed by atoms with van der Waals surface area (Å²) in [6, 6.07) is 6.68. The summed E-state index contributed by atoms with van der Waals surface area (Å²) in [6.07, 6.45) is 2.70. The Bertz CT molecular complexity index is 341. The molecule has 0 aliphatic heterocycles. The molecule has 0 spiro atoms. The Morgan fingerprint density at radius 2 is 1.47 bits per heavy atom. The van der Waals surface area contributed by atoms with Crippen LogP contribution in [-0.2, 0) is 0 Å². The Balaban J connectivity index is 0.00000196. The maximum absolute atomic E-state index is 11.8. The molecule has 0 fully saturated rings. The van der Waals surface area contributed by atoms with E-state index in [1.807, 2.05) is 0 Å². The van der Waals surface area contributed by atoms with E-state index in [1.165, 1.54) is 0 Å². The van der Waals surface area contributed by atoms with Crippen molar-refractivity contribution in [1.82, 2.24) is 0 Å². The second-order valence-electron chi connectivity index (χ2n) is 2.86. The minimum atomic E-state index is -4.84. The van der Waals surface area contributed by atoms with Gasteiger partial charge in [-0.1, -0.05) is 43.0 Å². The van der Waals surface area contributed by atoms with Gasteiger partial charge in [-0.25, -0.2) is 0 Å². The molecule has 0 saturated heterocycles. The summed E-state index contributed by atoms with van der Waals surface area (Å²) in [4.78, 5) is 0. The molecule has 0 aliphatic rings. The van der Waals surface area contributed by atoms with Crippen LogP contribution < -0.4 is 51.4 Å². The molecule has 0 amide bonds. The van der Waals surface area contributed by atoms with Crippen LogP contribution in [0.5, 0.6) is 0 Å². The Kier molecular flexibility index (Phi) is 6.79. The molecule has 5 heteroatoms. The molecule has 0 radical (unpaired) electrons. The van der Waals surface area contributed by atoms with Gasteiger partial charge in [0.05, 0.1) is 0 Å². The molecule has 1 rings (SSSR count). The molecule has 74 valence electrons. The Morgan fingerprint density at radius 3 is 1.87 bits per heavy atom. The SMILES string of the molecule is C=Cc1ccc(/C=C/[B-](F)(F)F)cc1.[K+]. The van der Waals surface area contributed by atoms with Gasteiger partial charge in [0.2, 0.25) is 0 Å². The molecule has 0 N–H and O–H groups in total. The summed E-state index contributed by atoms with van der Waals surface area (Å²) in [5, 5.41) is 0. The summed E-state index contributed by atoms with van der Waals surface area (Å²) in [7, 11) is 0. The van der Waals surface area contributed by atoms with Crippen LogP contribution in [-0.4, -0.2) is 6.98 Å². The molecule has 0 bridgehead atoms. The first-order valence-electron chi connectivity index (χ1n) is 4.13. The van der Waals surface area contributed by atoms with E-state index in [9.17, 15) is 12.9 Å². The maximum Gasteiger partial charge on any atom is 1.00 e. The number of hydrogen-bond donors (Lipinski definition) is 0. The van der Waals surface area contributed by atoms with E-state index in [0.29, 0.717) is 5.56 Å². The minimum absolute atomic E-state index is 0. The van der Waals surface area contributed by atoms with Crippen LogP contribution in [0, 0.1) is 0 Å². The van der Waals surface area contributed by atoms with Gasteiger partial charge in [0.1, 0.15) is 0 Å². The van der Waals surface area contributed by atoms with Crippen molar-refractivity contribution in [3.8, 4) is 0 Å². The van der Waals surface area contributed by atoms with Crippen molar-refractivity contribution in [2.24, 2.45) is 0 Å². The zero-order valence-corrected chi connectivity index (χ0v) is 11.6. The predicted octanol–water partition coefficient (Wildman–Crippen LogP) is 0.733. The van der Waals surface area contributed by atoms with Crippen molar-refractivity contribution in [2.45, 2.75) is 0 Å². The normalized spacial score (nSPS) is 11.1. The minimum Gasteiger partial charge on any atom is -0.445 e. The van der Waals surface area contributed by atoms with Crippen molar-refractivity contribution in [2.75, 3.05) is 0 Å². The molecule has 1 aromatic carbocycles. The van der Waals surface area contributed by atoms with Gasteiger partial charge in [0.25, 0.3) is 0 Å². The van der Waals surface area contributed by atoms with E-state index in [4.69, 9.17) is 0 Å². The fourth-order valence-electron chi connectivity index (χ4n) is 0.963. The molecule has 15 heavy (non-hydrogen) atoms. The van der Waals surface area contributed by atoms with Crippen LogP contribution in [0.25, 0.3) is 12.2 Å². The van der Waals surface area contributed by atoms with Gasteiger partial charge < -0.3 is 12.9 Å². The first-order chi connectivity index (χ1) is 6.51. The predicted molar refractivity (Wildman–Crippen MR) is 54.6 cm³/mol. The molecule has 1 aromatic rings. The van der Waals surface area contributed by atoms with Gasteiger partial charge >= 0.3 is 58.4 Å². The first kappa shape index (κ1) is 15.2. The van der Waals surface area contributed by atoms with Gasteiger partial charge in [-0.2, -0.15) is 0 Å². The summed E-state index contributed by atoms with van der Waals surface area (Å²) in [5.41, 5.74) is 1.43. The standard InChI is InChI=1S/C10H9BF3.K/c1-2-9-3-5-10(6-4-9)7-8-11(12,13)14;/h2-8H,1H2;/q-1;+1/b8-7+;. The van der Waals surface area contributed by atoms with Gasteiger partial charge in [0, 0.05) is 0 Å². The van der Waals surface area contributed by atoms with Crippen molar-refractivity contribution in [3.05, 3.63) is 47.9 Å². The van der Waals surface area contributed by atoms with Gasteiger partial charge in [0.15, 0.2) is 0 Å². The average Bonchev–Trinajstić information content (AvgIpc) is 2.14. The Labute approximate surface area is 130 Å². The third-order valence-corrected chi connectivity index (χ3v) is 1.68. The monoisotopic (exact) mass is 236 g/mol. The van der Waals surface area contributed by atoms with Crippen molar-refractivity contribution >= 4 is 19.1 Å². The fraction of sp³-hybridized carbons (Fsp3) is 0. The smallest absolute Gasteiger partial charge is 0.445 e. The summed E-state index contributed by atoms with van der Waals surface area (Å²) >= 11 is 0.